The predicted molar refractivity (Wildman–Crippen MR) is 105 cm³/mol. The van der Waals surface area contributed by atoms with Crippen LogP contribution in [0.3, 0.4) is 0 Å². The van der Waals surface area contributed by atoms with Gasteiger partial charge in [0.05, 0.1) is 18.3 Å². The third-order valence-corrected chi connectivity index (χ3v) is 5.21. The van der Waals surface area contributed by atoms with Crippen molar-refractivity contribution >= 4 is 17.6 Å². The Labute approximate surface area is 172 Å². The van der Waals surface area contributed by atoms with Crippen molar-refractivity contribution in [2.45, 2.75) is 58.8 Å². The van der Waals surface area contributed by atoms with E-state index < -0.39 is 12.6 Å². The summed E-state index contributed by atoms with van der Waals surface area (Å²) >= 11 is 0. The minimum absolute atomic E-state index is 0.0137. The summed E-state index contributed by atoms with van der Waals surface area (Å²) in [7, 11) is 0. The fourth-order valence-corrected chi connectivity index (χ4v) is 3.57. The van der Waals surface area contributed by atoms with Crippen LogP contribution < -0.4 is 5.32 Å². The fourth-order valence-electron chi connectivity index (χ4n) is 3.57. The first kappa shape index (κ1) is 21.7. The van der Waals surface area contributed by atoms with Gasteiger partial charge in [0.2, 0.25) is 5.91 Å². The highest BCUT2D eigenvalue weighted by Gasteiger charge is 2.34. The Morgan fingerprint density at radius 1 is 1.33 bits per heavy atom. The second-order valence-electron chi connectivity index (χ2n) is 7.48. The van der Waals surface area contributed by atoms with Gasteiger partial charge in [-0.05, 0) is 49.9 Å². The van der Waals surface area contributed by atoms with Crippen LogP contribution in [-0.2, 0) is 17.8 Å². The van der Waals surface area contributed by atoms with Gasteiger partial charge in [-0.2, -0.15) is 13.2 Å². The molecule has 30 heavy (non-hydrogen) atoms. The van der Waals surface area contributed by atoms with E-state index in [1.807, 2.05) is 19.9 Å². The zero-order valence-electron chi connectivity index (χ0n) is 17.0. The number of alkyl halides is 3. The van der Waals surface area contributed by atoms with Crippen molar-refractivity contribution in [3.8, 4) is 0 Å². The van der Waals surface area contributed by atoms with Gasteiger partial charge in [0.15, 0.2) is 0 Å². The molecule has 160 valence electrons. The third-order valence-electron chi connectivity index (χ3n) is 5.21. The van der Waals surface area contributed by atoms with E-state index in [0.717, 1.165) is 11.1 Å². The van der Waals surface area contributed by atoms with Gasteiger partial charge in [0, 0.05) is 36.9 Å². The number of aryl methyl sites for hydroxylation is 2. The molecule has 1 N–H and O–H groups in total. The van der Waals surface area contributed by atoms with E-state index in [9.17, 15) is 22.8 Å². The highest BCUT2D eigenvalue weighted by Crippen LogP contribution is 2.34. The Balaban J connectivity index is 1.75. The first-order valence-electron chi connectivity index (χ1n) is 9.65. The number of hydrogen-bond donors (Lipinski definition) is 1. The predicted octanol–water partition coefficient (Wildman–Crippen LogP) is 4.35. The minimum Gasteiger partial charge on any atom is -0.326 e. The largest absolute Gasteiger partial charge is 0.389 e. The Morgan fingerprint density at radius 3 is 2.70 bits per heavy atom. The average molecular weight is 420 g/mol. The second kappa shape index (κ2) is 8.41. The highest BCUT2D eigenvalue weighted by atomic mass is 19.4. The molecule has 3 heterocycles. The Hall–Kier alpha value is -2.97. The second-order valence-corrected chi connectivity index (χ2v) is 7.48. The standard InChI is InChI=1S/C21H23F3N4O2/c1-12-9-18(26-10-15(12)5-4-7-21(22,23)24)13(2)28-11-17-16(20(28)30)6-8-25-19(17)27-14(3)29/h6,8-10,13H,4-5,7,11H2,1-3H3,(H,25,27,29). The summed E-state index contributed by atoms with van der Waals surface area (Å²) in [6.07, 6.45) is -1.60. The molecule has 0 saturated heterocycles. The van der Waals surface area contributed by atoms with Gasteiger partial charge in [-0.3, -0.25) is 14.6 Å². The molecule has 9 heteroatoms. The number of amides is 2. The summed E-state index contributed by atoms with van der Waals surface area (Å²) in [5.74, 6) is -0.0827. The molecule has 1 aliphatic heterocycles. The maximum atomic E-state index is 12.9. The molecule has 0 aromatic carbocycles. The highest BCUT2D eigenvalue weighted by molar-refractivity contribution is 6.01. The first-order valence-corrected chi connectivity index (χ1v) is 9.65. The molecule has 1 aliphatic rings. The molecule has 1 unspecified atom stereocenters. The molecule has 0 radical (unpaired) electrons. The van der Waals surface area contributed by atoms with Crippen LogP contribution in [0, 0.1) is 6.92 Å². The molecule has 0 spiro atoms. The quantitative estimate of drug-likeness (QED) is 0.754. The van der Waals surface area contributed by atoms with Gasteiger partial charge in [-0.15, -0.1) is 0 Å². The Kier molecular flexibility index (Phi) is 6.09. The number of carbonyl (C=O) groups excluding carboxylic acids is 2. The minimum atomic E-state index is -4.16. The summed E-state index contributed by atoms with van der Waals surface area (Å²) in [5.41, 5.74) is 3.41. The summed E-state index contributed by atoms with van der Waals surface area (Å²) in [4.78, 5) is 34.5. The summed E-state index contributed by atoms with van der Waals surface area (Å²) < 4.78 is 37.1. The van der Waals surface area contributed by atoms with E-state index in [0.29, 0.717) is 29.1 Å². The Morgan fingerprint density at radius 2 is 2.07 bits per heavy atom. The number of fused-ring (bicyclic) bond motifs is 1. The van der Waals surface area contributed by atoms with Crippen molar-refractivity contribution in [3.63, 3.8) is 0 Å². The van der Waals surface area contributed by atoms with Crippen molar-refractivity contribution in [2.75, 3.05) is 5.32 Å². The number of aromatic nitrogens is 2. The number of carbonyl (C=O) groups is 2. The molecule has 0 fully saturated rings. The third kappa shape index (κ3) is 4.77. The Bertz CT molecular complexity index is 975. The molecule has 2 aromatic heterocycles. The van der Waals surface area contributed by atoms with Crippen LogP contribution in [0.1, 0.15) is 65.5 Å². The van der Waals surface area contributed by atoms with E-state index in [-0.39, 0.29) is 30.8 Å². The van der Waals surface area contributed by atoms with Crippen LogP contribution in [-0.4, -0.2) is 32.9 Å². The molecule has 0 bridgehead atoms. The smallest absolute Gasteiger partial charge is 0.326 e. The molecule has 2 aromatic rings. The number of hydrogen-bond acceptors (Lipinski definition) is 4. The van der Waals surface area contributed by atoms with E-state index >= 15 is 0 Å². The fraction of sp³-hybridized carbons (Fsp3) is 0.429. The number of halogens is 3. The molecule has 6 nitrogen and oxygen atoms in total. The van der Waals surface area contributed by atoms with Gasteiger partial charge in [-0.25, -0.2) is 4.98 Å². The maximum absolute atomic E-state index is 12.9. The van der Waals surface area contributed by atoms with Crippen molar-refractivity contribution in [1.82, 2.24) is 14.9 Å². The summed E-state index contributed by atoms with van der Waals surface area (Å²) in [6.45, 7) is 5.34. The number of anilines is 1. The monoisotopic (exact) mass is 420 g/mol. The zero-order valence-corrected chi connectivity index (χ0v) is 17.0. The van der Waals surface area contributed by atoms with E-state index in [1.165, 1.54) is 13.1 Å². The molecule has 1 atom stereocenters. The van der Waals surface area contributed by atoms with Crippen molar-refractivity contribution in [2.24, 2.45) is 0 Å². The van der Waals surface area contributed by atoms with Gasteiger partial charge in [0.1, 0.15) is 5.82 Å². The maximum Gasteiger partial charge on any atom is 0.389 e. The number of pyridine rings is 2. The van der Waals surface area contributed by atoms with Crippen LogP contribution >= 0.6 is 0 Å². The summed E-state index contributed by atoms with van der Waals surface area (Å²) in [6, 6.07) is 3.09. The molecule has 0 saturated carbocycles. The lowest BCUT2D eigenvalue weighted by atomic mass is 10.0. The van der Waals surface area contributed by atoms with Gasteiger partial charge in [0.25, 0.3) is 5.91 Å². The molecule has 0 aliphatic carbocycles. The van der Waals surface area contributed by atoms with Crippen LogP contribution in [0.2, 0.25) is 0 Å². The summed E-state index contributed by atoms with van der Waals surface area (Å²) in [5, 5.41) is 2.65. The van der Waals surface area contributed by atoms with Gasteiger partial charge < -0.3 is 10.2 Å². The first-order chi connectivity index (χ1) is 14.1. The molecule has 3 rings (SSSR count). The van der Waals surface area contributed by atoms with Crippen molar-refractivity contribution < 1.29 is 22.8 Å². The molecular weight excluding hydrogens is 397 g/mol. The lowest BCUT2D eigenvalue weighted by Gasteiger charge is -2.24. The van der Waals surface area contributed by atoms with Crippen molar-refractivity contribution in [1.29, 1.82) is 0 Å². The van der Waals surface area contributed by atoms with E-state index in [1.54, 1.807) is 17.2 Å². The van der Waals surface area contributed by atoms with Gasteiger partial charge in [-0.1, -0.05) is 0 Å². The number of nitrogens with one attached hydrogen (secondary N) is 1. The van der Waals surface area contributed by atoms with Gasteiger partial charge >= 0.3 is 6.18 Å². The van der Waals surface area contributed by atoms with Crippen LogP contribution in [0.4, 0.5) is 19.0 Å². The van der Waals surface area contributed by atoms with Crippen LogP contribution in [0.5, 0.6) is 0 Å². The number of rotatable bonds is 6. The molecule has 2 amide bonds. The lowest BCUT2D eigenvalue weighted by Crippen LogP contribution is -2.28. The van der Waals surface area contributed by atoms with E-state index in [4.69, 9.17) is 0 Å². The van der Waals surface area contributed by atoms with Crippen LogP contribution in [0.25, 0.3) is 0 Å². The lowest BCUT2D eigenvalue weighted by molar-refractivity contribution is -0.135. The molecular formula is C21H23F3N4O2. The normalized spacial score (nSPS) is 14.6. The van der Waals surface area contributed by atoms with Crippen LogP contribution in [0.15, 0.2) is 24.5 Å². The van der Waals surface area contributed by atoms with Crippen molar-refractivity contribution in [3.05, 3.63) is 52.5 Å². The average Bonchev–Trinajstić information content (AvgIpc) is 2.99. The number of nitrogens with zero attached hydrogens (tertiary/aromatic N) is 3. The SMILES string of the molecule is CC(=O)Nc1nccc2c1CN(C(C)c1cc(C)c(CCCC(F)(F)F)cn1)C2=O. The zero-order chi connectivity index (χ0) is 22.1. The topological polar surface area (TPSA) is 75.2 Å². The van der Waals surface area contributed by atoms with E-state index in [2.05, 4.69) is 15.3 Å².